The second-order valence-electron chi connectivity index (χ2n) is 5.88. The van der Waals surface area contributed by atoms with Gasteiger partial charge in [-0.05, 0) is 55.5 Å². The van der Waals surface area contributed by atoms with E-state index in [-0.39, 0.29) is 5.91 Å². The molecule has 0 rings (SSSR count). The minimum Gasteiger partial charge on any atom is -0.352 e. The van der Waals surface area contributed by atoms with Crippen LogP contribution < -0.4 is 5.32 Å². The maximum absolute atomic E-state index is 11.4. The highest BCUT2D eigenvalue weighted by Crippen LogP contribution is 2.60. The second-order valence-corrected chi connectivity index (χ2v) is 10.1. The summed E-state index contributed by atoms with van der Waals surface area (Å²) < 4.78 is 8.55. The molecule has 1 amide bonds. The summed E-state index contributed by atoms with van der Waals surface area (Å²) in [5.74, 6) is -0.103. The van der Waals surface area contributed by atoms with Gasteiger partial charge in [-0.25, -0.2) is 0 Å². The van der Waals surface area contributed by atoms with Crippen LogP contribution in [0.1, 0.15) is 47.5 Å². The summed E-state index contributed by atoms with van der Waals surface area (Å²) in [6.45, 7) is 15.3. The van der Waals surface area contributed by atoms with Crippen LogP contribution in [0, 0.1) is 11.3 Å². The number of carbonyl (C=O) groups is 1. The van der Waals surface area contributed by atoms with E-state index in [1.807, 2.05) is 0 Å². The number of nitriles is 1. The van der Waals surface area contributed by atoms with Crippen molar-refractivity contribution in [1.29, 1.82) is 5.26 Å². The number of hydrogen-bond donors (Lipinski definition) is 1. The average molecular weight is 359 g/mol. The highest BCUT2D eigenvalue weighted by Gasteiger charge is 2.24. The largest absolute Gasteiger partial charge is 0.352 e. The molecule has 7 heteroatoms. The highest BCUT2D eigenvalue weighted by atomic mass is 32.1. The first-order valence-electron chi connectivity index (χ1n) is 8.06. The zero-order chi connectivity index (χ0) is 17.8. The van der Waals surface area contributed by atoms with Crippen molar-refractivity contribution in [3.63, 3.8) is 0 Å². The fourth-order valence-corrected chi connectivity index (χ4v) is 7.27. The van der Waals surface area contributed by atoms with Gasteiger partial charge < -0.3 is 9.84 Å². The molecule has 0 bridgehead atoms. The molecule has 0 heterocycles. The smallest absolute Gasteiger partial charge is 0.246 e. The van der Waals surface area contributed by atoms with Crippen molar-refractivity contribution in [3.8, 4) is 6.07 Å². The fraction of sp³-hybridized carbons (Fsp3) is 0.750. The first-order chi connectivity index (χ1) is 10.8. The lowest BCUT2D eigenvalue weighted by Crippen LogP contribution is -2.32. The van der Waals surface area contributed by atoms with Crippen LogP contribution in [0.2, 0.25) is 0 Å². The Kier molecular flexibility index (Phi) is 12.6. The SMILES string of the molecule is C=C(C)C(=O)NCCCOP(PCCC#N)N(C(C)C)C(C)C. The molecule has 5 nitrogen and oxygen atoms in total. The van der Waals surface area contributed by atoms with Gasteiger partial charge >= 0.3 is 0 Å². The van der Waals surface area contributed by atoms with Crippen molar-refractivity contribution >= 4 is 22.2 Å². The third-order valence-corrected chi connectivity index (χ3v) is 8.04. The maximum Gasteiger partial charge on any atom is 0.246 e. The molecular formula is C16H31N3O2P2. The van der Waals surface area contributed by atoms with Crippen molar-refractivity contribution in [2.45, 2.75) is 59.5 Å². The topological polar surface area (TPSA) is 65.4 Å². The molecule has 132 valence electrons. The van der Waals surface area contributed by atoms with Crippen LogP contribution in [0.25, 0.3) is 0 Å². The Morgan fingerprint density at radius 2 is 2.00 bits per heavy atom. The van der Waals surface area contributed by atoms with Crippen LogP contribution in [0.15, 0.2) is 12.2 Å². The Hall–Kier alpha value is -0.520. The molecule has 2 unspecified atom stereocenters. The van der Waals surface area contributed by atoms with E-state index in [2.05, 4.69) is 50.3 Å². The predicted octanol–water partition coefficient (Wildman–Crippen LogP) is 4.02. The summed E-state index contributed by atoms with van der Waals surface area (Å²) in [6, 6.07) is 3.04. The first-order valence-corrected chi connectivity index (χ1v) is 11.3. The minimum atomic E-state index is -0.679. The van der Waals surface area contributed by atoms with E-state index in [0.717, 1.165) is 12.6 Å². The third-order valence-electron chi connectivity index (χ3n) is 2.96. The Bertz CT molecular complexity index is 401. The number of hydrogen-bond acceptors (Lipinski definition) is 4. The number of nitrogens with zero attached hydrogens (tertiary/aromatic N) is 2. The predicted molar refractivity (Wildman–Crippen MR) is 101 cm³/mol. The number of rotatable bonds is 12. The zero-order valence-corrected chi connectivity index (χ0v) is 16.9. The minimum absolute atomic E-state index is 0.103. The monoisotopic (exact) mass is 359 g/mol. The lowest BCUT2D eigenvalue weighted by Gasteiger charge is -2.37. The van der Waals surface area contributed by atoms with E-state index in [0.29, 0.717) is 45.5 Å². The summed E-state index contributed by atoms with van der Waals surface area (Å²) in [5, 5.41) is 11.6. The fourth-order valence-electron chi connectivity index (χ4n) is 1.99. The molecule has 23 heavy (non-hydrogen) atoms. The van der Waals surface area contributed by atoms with Crippen molar-refractivity contribution in [3.05, 3.63) is 12.2 Å². The standard InChI is InChI=1S/C16H31N3O2P2/c1-13(2)16(20)18-10-8-11-21-23(22-12-7-9-17)19(14(3)4)15(5)6/h14-15,22H,1,7-8,10-12H2,2-6H3,(H,18,20). The lowest BCUT2D eigenvalue weighted by molar-refractivity contribution is -0.117. The number of carbonyl (C=O) groups excluding carboxylic acids is 1. The highest BCUT2D eigenvalue weighted by molar-refractivity contribution is 8.17. The van der Waals surface area contributed by atoms with Gasteiger partial charge in [-0.15, -0.1) is 0 Å². The van der Waals surface area contributed by atoms with Gasteiger partial charge in [0.2, 0.25) is 5.91 Å². The number of amides is 1. The Labute approximate surface area is 144 Å². The summed E-state index contributed by atoms with van der Waals surface area (Å²) in [5.41, 5.74) is 0.525. The lowest BCUT2D eigenvalue weighted by atomic mass is 10.3. The molecule has 0 aromatic rings. The normalized spacial score (nSPS) is 13.0. The Morgan fingerprint density at radius 3 is 2.48 bits per heavy atom. The maximum atomic E-state index is 11.4. The van der Waals surface area contributed by atoms with E-state index in [1.54, 1.807) is 6.92 Å². The van der Waals surface area contributed by atoms with Crippen molar-refractivity contribution in [1.82, 2.24) is 9.99 Å². The molecule has 0 aromatic heterocycles. The van der Waals surface area contributed by atoms with Crippen LogP contribution in [-0.2, 0) is 9.32 Å². The summed E-state index contributed by atoms with van der Waals surface area (Å²) in [7, 11) is -0.0354. The molecule has 0 saturated carbocycles. The Balaban J connectivity index is 4.38. The van der Waals surface area contributed by atoms with Crippen molar-refractivity contribution in [2.75, 3.05) is 19.3 Å². The van der Waals surface area contributed by atoms with Gasteiger partial charge in [0.15, 0.2) is 0 Å². The molecule has 2 atom stereocenters. The summed E-state index contributed by atoms with van der Waals surface area (Å²) in [4.78, 5) is 11.4. The van der Waals surface area contributed by atoms with Crippen LogP contribution in [0.4, 0.5) is 0 Å². The van der Waals surface area contributed by atoms with E-state index < -0.39 is 7.99 Å². The van der Waals surface area contributed by atoms with Crippen LogP contribution in [0.5, 0.6) is 0 Å². The van der Waals surface area contributed by atoms with Crippen molar-refractivity contribution in [2.24, 2.45) is 0 Å². The van der Waals surface area contributed by atoms with Crippen molar-refractivity contribution < 1.29 is 9.32 Å². The molecule has 1 N–H and O–H groups in total. The van der Waals surface area contributed by atoms with E-state index in [9.17, 15) is 4.79 Å². The van der Waals surface area contributed by atoms with Gasteiger partial charge in [0, 0.05) is 30.6 Å². The van der Waals surface area contributed by atoms with Gasteiger partial charge in [-0.1, -0.05) is 6.58 Å². The van der Waals surface area contributed by atoms with E-state index >= 15 is 0 Å². The second kappa shape index (κ2) is 12.8. The van der Waals surface area contributed by atoms with Crippen LogP contribution in [-0.4, -0.2) is 42.0 Å². The average Bonchev–Trinajstić information content (AvgIpc) is 2.45. The summed E-state index contributed by atoms with van der Waals surface area (Å²) in [6.07, 6.45) is 2.26. The van der Waals surface area contributed by atoms with E-state index in [1.165, 1.54) is 0 Å². The van der Waals surface area contributed by atoms with Gasteiger partial charge in [0.1, 0.15) is 7.99 Å². The van der Waals surface area contributed by atoms with Gasteiger partial charge in [0.05, 0.1) is 12.7 Å². The quantitative estimate of drug-likeness (QED) is 0.325. The molecule has 0 aliphatic carbocycles. The van der Waals surface area contributed by atoms with Crippen LogP contribution >= 0.6 is 16.3 Å². The zero-order valence-electron chi connectivity index (χ0n) is 15.1. The third kappa shape index (κ3) is 10.0. The molecule has 0 fully saturated rings. The van der Waals surface area contributed by atoms with Crippen LogP contribution in [0.3, 0.4) is 0 Å². The van der Waals surface area contributed by atoms with E-state index in [4.69, 9.17) is 9.79 Å². The first kappa shape index (κ1) is 22.5. The molecule has 0 radical (unpaired) electrons. The molecular weight excluding hydrogens is 328 g/mol. The molecule has 0 saturated heterocycles. The molecule has 0 aliphatic heterocycles. The molecule has 0 aliphatic rings. The molecule has 0 aromatic carbocycles. The van der Waals surface area contributed by atoms with Gasteiger partial charge in [-0.2, -0.15) is 5.26 Å². The Morgan fingerprint density at radius 1 is 1.39 bits per heavy atom. The summed E-state index contributed by atoms with van der Waals surface area (Å²) >= 11 is 0. The van der Waals surface area contributed by atoms with Gasteiger partial charge in [-0.3, -0.25) is 9.46 Å². The number of nitrogens with one attached hydrogen (secondary N) is 1. The van der Waals surface area contributed by atoms with Gasteiger partial charge in [0.25, 0.3) is 0 Å². The molecule has 0 spiro atoms.